The molecule has 0 aromatic carbocycles. The second kappa shape index (κ2) is 8.00. The first-order valence-corrected chi connectivity index (χ1v) is 11.9. The lowest BCUT2D eigenvalue weighted by Gasteiger charge is -2.31. The van der Waals surface area contributed by atoms with Crippen molar-refractivity contribution in [2.45, 2.75) is 56.7 Å². The van der Waals surface area contributed by atoms with E-state index in [9.17, 15) is 18.3 Å². The van der Waals surface area contributed by atoms with Crippen LogP contribution in [0.4, 0.5) is 5.95 Å². The topological polar surface area (TPSA) is 117 Å². The Morgan fingerprint density at radius 1 is 1.17 bits per heavy atom. The molecule has 2 fully saturated rings. The van der Waals surface area contributed by atoms with Crippen LogP contribution in [0.1, 0.15) is 44.6 Å². The van der Waals surface area contributed by atoms with Gasteiger partial charge in [-0.1, -0.05) is 0 Å². The summed E-state index contributed by atoms with van der Waals surface area (Å²) in [6, 6.07) is 3.25. The van der Waals surface area contributed by atoms with E-state index in [2.05, 4.69) is 15.3 Å². The highest BCUT2D eigenvalue weighted by Crippen LogP contribution is 2.29. The number of fused-ring (bicyclic) bond motifs is 1. The van der Waals surface area contributed by atoms with Gasteiger partial charge in [-0.15, -0.1) is 0 Å². The molecule has 0 spiro atoms. The van der Waals surface area contributed by atoms with E-state index in [0.717, 1.165) is 24.6 Å². The zero-order valence-corrected chi connectivity index (χ0v) is 17.3. The van der Waals surface area contributed by atoms with Crippen molar-refractivity contribution in [1.29, 1.82) is 0 Å². The molecule has 2 N–H and O–H groups in total. The van der Waals surface area contributed by atoms with Gasteiger partial charge in [-0.05, 0) is 44.6 Å². The molecule has 1 aliphatic heterocycles. The molecular weight excluding hydrogens is 394 g/mol. The molecule has 4 rings (SSSR count). The predicted octanol–water partition coefficient (Wildman–Crippen LogP) is 1.10. The maximum atomic E-state index is 12.6. The van der Waals surface area contributed by atoms with Crippen LogP contribution < -0.4 is 10.9 Å². The van der Waals surface area contributed by atoms with Crippen molar-refractivity contribution in [1.82, 2.24) is 18.8 Å². The summed E-state index contributed by atoms with van der Waals surface area (Å²) >= 11 is 0. The molecule has 1 saturated heterocycles. The predicted molar refractivity (Wildman–Crippen MR) is 110 cm³/mol. The highest BCUT2D eigenvalue weighted by atomic mass is 32.2. The summed E-state index contributed by atoms with van der Waals surface area (Å²) in [6.45, 7) is 0.934. The number of aliphatic hydroxyl groups excluding tert-OH is 1. The number of rotatable bonds is 4. The zero-order valence-electron chi connectivity index (χ0n) is 16.5. The smallest absolute Gasteiger partial charge is 0.252 e. The van der Waals surface area contributed by atoms with Crippen molar-refractivity contribution in [3.63, 3.8) is 0 Å². The van der Waals surface area contributed by atoms with E-state index < -0.39 is 16.1 Å². The molecule has 1 saturated carbocycles. The average Bonchev–Trinajstić information content (AvgIpc) is 2.67. The second-order valence-corrected chi connectivity index (χ2v) is 10.1. The Balaban J connectivity index is 1.57. The van der Waals surface area contributed by atoms with Crippen LogP contribution in [0.2, 0.25) is 0 Å². The van der Waals surface area contributed by atoms with Crippen LogP contribution in [0.3, 0.4) is 0 Å². The molecule has 2 aliphatic rings. The first-order chi connectivity index (χ1) is 13.8. The lowest BCUT2D eigenvalue weighted by atomic mass is 9.92. The summed E-state index contributed by atoms with van der Waals surface area (Å²) in [5, 5.41) is 14.1. The maximum absolute atomic E-state index is 12.6. The Labute approximate surface area is 169 Å². The van der Waals surface area contributed by atoms with Gasteiger partial charge < -0.3 is 10.4 Å². The Bertz CT molecular complexity index is 1050. The number of sulfonamides is 1. The van der Waals surface area contributed by atoms with Crippen molar-refractivity contribution in [3.8, 4) is 0 Å². The quantitative estimate of drug-likeness (QED) is 0.759. The van der Waals surface area contributed by atoms with Crippen LogP contribution in [0, 0.1) is 0 Å². The molecule has 1 unspecified atom stereocenters. The Morgan fingerprint density at radius 3 is 2.62 bits per heavy atom. The van der Waals surface area contributed by atoms with E-state index in [1.165, 1.54) is 16.6 Å². The molecule has 10 heteroatoms. The van der Waals surface area contributed by atoms with Gasteiger partial charge in [0.15, 0.2) is 0 Å². The molecule has 0 amide bonds. The zero-order chi connectivity index (χ0) is 20.6. The summed E-state index contributed by atoms with van der Waals surface area (Å²) in [5.74, 6) is 0.436. The lowest BCUT2D eigenvalue weighted by molar-refractivity contribution is 0.104. The number of piperidine rings is 1. The Kier molecular flexibility index (Phi) is 5.58. The number of anilines is 1. The fraction of sp³-hybridized carbons (Fsp3) is 0.632. The third-order valence-corrected chi connectivity index (χ3v) is 7.21. The van der Waals surface area contributed by atoms with Gasteiger partial charge in [0.25, 0.3) is 5.56 Å². The molecule has 9 nitrogen and oxygen atoms in total. The first kappa shape index (κ1) is 20.2. The number of aromatic nitrogens is 3. The monoisotopic (exact) mass is 421 g/mol. The van der Waals surface area contributed by atoms with Gasteiger partial charge in [-0.3, -0.25) is 9.36 Å². The highest BCUT2D eigenvalue weighted by molar-refractivity contribution is 7.88. The highest BCUT2D eigenvalue weighted by Gasteiger charge is 2.26. The summed E-state index contributed by atoms with van der Waals surface area (Å²) in [4.78, 5) is 21.6. The molecule has 29 heavy (non-hydrogen) atoms. The van der Waals surface area contributed by atoms with Crippen LogP contribution in [-0.2, 0) is 10.0 Å². The SMILES string of the molecule is CS(=O)(=O)N1CCC(Nc2ncc3ccc(=O)n([C@H]4CCCC(O)C4)c3n2)CC1. The van der Waals surface area contributed by atoms with Crippen molar-refractivity contribution >= 4 is 27.0 Å². The summed E-state index contributed by atoms with van der Waals surface area (Å²) in [6.07, 6.45) is 6.92. The third kappa shape index (κ3) is 4.44. The lowest BCUT2D eigenvalue weighted by Crippen LogP contribution is -2.42. The van der Waals surface area contributed by atoms with Gasteiger partial charge in [0.1, 0.15) is 5.65 Å². The standard InChI is InChI=1S/C19H27N5O4S/c1-29(27,28)23-9-7-14(8-10-23)21-19-20-12-13-5-6-17(26)24(18(13)22-19)15-3-2-4-16(25)11-15/h5-6,12,14-16,25H,2-4,7-11H2,1H3,(H,20,21,22)/t15-,16?/m0/s1. The van der Waals surface area contributed by atoms with Crippen molar-refractivity contribution in [2.75, 3.05) is 24.7 Å². The minimum atomic E-state index is -3.16. The summed E-state index contributed by atoms with van der Waals surface area (Å²) in [7, 11) is -3.16. The second-order valence-electron chi connectivity index (χ2n) is 8.07. The fourth-order valence-electron chi connectivity index (χ4n) is 4.35. The van der Waals surface area contributed by atoms with E-state index in [-0.39, 0.29) is 17.6 Å². The first-order valence-electron chi connectivity index (χ1n) is 10.1. The summed E-state index contributed by atoms with van der Waals surface area (Å²) in [5.41, 5.74) is 0.449. The van der Waals surface area contributed by atoms with Gasteiger partial charge in [-0.2, -0.15) is 4.98 Å². The molecule has 0 radical (unpaired) electrons. The van der Waals surface area contributed by atoms with E-state index >= 15 is 0 Å². The largest absolute Gasteiger partial charge is 0.393 e. The van der Waals surface area contributed by atoms with E-state index in [1.807, 2.05) is 0 Å². The number of aliphatic hydroxyl groups is 1. The normalized spacial score (nSPS) is 24.6. The Hall–Kier alpha value is -2.04. The number of pyridine rings is 1. The van der Waals surface area contributed by atoms with Crippen molar-refractivity contribution in [3.05, 3.63) is 28.7 Å². The molecule has 2 aromatic rings. The molecule has 3 heterocycles. The van der Waals surface area contributed by atoms with Crippen molar-refractivity contribution in [2.24, 2.45) is 0 Å². The molecule has 158 valence electrons. The Morgan fingerprint density at radius 2 is 1.93 bits per heavy atom. The number of hydrogen-bond acceptors (Lipinski definition) is 7. The molecule has 2 atom stereocenters. The van der Waals surface area contributed by atoms with E-state index in [0.29, 0.717) is 43.9 Å². The van der Waals surface area contributed by atoms with Crippen molar-refractivity contribution < 1.29 is 13.5 Å². The van der Waals surface area contributed by atoms with Crippen LogP contribution >= 0.6 is 0 Å². The van der Waals surface area contributed by atoms with Gasteiger partial charge in [0.2, 0.25) is 16.0 Å². The van der Waals surface area contributed by atoms with E-state index in [1.54, 1.807) is 16.8 Å². The van der Waals surface area contributed by atoms with Crippen LogP contribution in [0.25, 0.3) is 11.0 Å². The van der Waals surface area contributed by atoms with Gasteiger partial charge >= 0.3 is 0 Å². The molecule has 0 bridgehead atoms. The van der Waals surface area contributed by atoms with Crippen LogP contribution in [0.5, 0.6) is 0 Å². The fourth-order valence-corrected chi connectivity index (χ4v) is 5.22. The number of hydrogen-bond donors (Lipinski definition) is 2. The van der Waals surface area contributed by atoms with Crippen LogP contribution in [-0.4, -0.2) is 63.9 Å². The van der Waals surface area contributed by atoms with Gasteiger partial charge in [0.05, 0.1) is 12.4 Å². The molecule has 1 aliphatic carbocycles. The van der Waals surface area contributed by atoms with E-state index in [4.69, 9.17) is 0 Å². The minimum Gasteiger partial charge on any atom is -0.393 e. The van der Waals surface area contributed by atoms with Gasteiger partial charge in [-0.25, -0.2) is 17.7 Å². The third-order valence-electron chi connectivity index (χ3n) is 5.91. The summed E-state index contributed by atoms with van der Waals surface area (Å²) < 4.78 is 26.5. The average molecular weight is 422 g/mol. The molecular formula is C19H27N5O4S. The van der Waals surface area contributed by atoms with Crippen LogP contribution in [0.15, 0.2) is 23.1 Å². The molecule has 2 aromatic heterocycles. The minimum absolute atomic E-state index is 0.0734. The number of nitrogens with zero attached hydrogens (tertiary/aromatic N) is 4. The number of nitrogens with one attached hydrogen (secondary N) is 1. The van der Waals surface area contributed by atoms with Gasteiger partial charge in [0, 0.05) is 42.8 Å². The maximum Gasteiger partial charge on any atom is 0.252 e.